The van der Waals surface area contributed by atoms with E-state index in [1.165, 1.54) is 19.1 Å². The number of benzene rings is 1. The van der Waals surface area contributed by atoms with Crippen LogP contribution in [0, 0.1) is 12.8 Å². The molecule has 8 heteroatoms. The molecule has 6 nitrogen and oxygen atoms in total. The lowest BCUT2D eigenvalue weighted by atomic mass is 9.97. The minimum Gasteiger partial charge on any atom is -0.356 e. The Balaban J connectivity index is 0.00000338. The Labute approximate surface area is 174 Å². The number of hydrogen-bond acceptors (Lipinski definition) is 4. The summed E-state index contributed by atoms with van der Waals surface area (Å²) in [6.45, 7) is 5.68. The van der Waals surface area contributed by atoms with Gasteiger partial charge in [-0.3, -0.25) is 4.99 Å². The van der Waals surface area contributed by atoms with Crippen molar-refractivity contribution in [3.05, 3.63) is 29.3 Å². The fourth-order valence-electron chi connectivity index (χ4n) is 3.15. The van der Waals surface area contributed by atoms with Gasteiger partial charge < -0.3 is 15.5 Å². The van der Waals surface area contributed by atoms with E-state index in [-0.39, 0.29) is 24.0 Å². The third-order valence-electron chi connectivity index (χ3n) is 4.72. The fraction of sp³-hybridized carbons (Fsp3) is 0.611. The van der Waals surface area contributed by atoms with Crippen molar-refractivity contribution in [2.75, 3.05) is 40.0 Å². The molecule has 0 aromatic heterocycles. The summed E-state index contributed by atoms with van der Waals surface area (Å²) in [6, 6.07) is 5.44. The number of guanidine groups is 1. The van der Waals surface area contributed by atoms with E-state index in [1.54, 1.807) is 13.1 Å². The molecule has 1 aromatic rings. The number of nitrogens with one attached hydrogen (secondary N) is 2. The van der Waals surface area contributed by atoms with Crippen molar-refractivity contribution in [2.45, 2.75) is 31.2 Å². The maximum absolute atomic E-state index is 11.7. The van der Waals surface area contributed by atoms with Crippen molar-refractivity contribution in [3.8, 4) is 0 Å². The van der Waals surface area contributed by atoms with E-state index in [0.717, 1.165) is 36.7 Å². The van der Waals surface area contributed by atoms with Gasteiger partial charge in [0.05, 0.1) is 4.90 Å². The monoisotopic (exact) mass is 494 g/mol. The van der Waals surface area contributed by atoms with Gasteiger partial charge in [-0.15, -0.1) is 24.0 Å². The molecule has 0 bridgehead atoms. The van der Waals surface area contributed by atoms with Gasteiger partial charge in [-0.25, -0.2) is 8.42 Å². The Kier molecular flexibility index (Phi) is 9.32. The first-order valence-corrected chi connectivity index (χ1v) is 10.6. The smallest absolute Gasteiger partial charge is 0.191 e. The molecule has 2 N–H and O–H groups in total. The van der Waals surface area contributed by atoms with Crippen LogP contribution >= 0.6 is 24.0 Å². The molecule has 0 unspecified atom stereocenters. The van der Waals surface area contributed by atoms with Crippen molar-refractivity contribution < 1.29 is 8.42 Å². The van der Waals surface area contributed by atoms with Crippen LogP contribution in [-0.2, 0) is 16.4 Å². The zero-order valence-corrected chi connectivity index (χ0v) is 19.2. The van der Waals surface area contributed by atoms with E-state index in [0.29, 0.717) is 17.4 Å². The highest BCUT2D eigenvalue weighted by molar-refractivity contribution is 14.0. The number of hydrogen-bond donors (Lipinski definition) is 2. The third-order valence-corrected chi connectivity index (χ3v) is 5.98. The molecular weight excluding hydrogens is 463 g/mol. The summed E-state index contributed by atoms with van der Waals surface area (Å²) in [5.41, 5.74) is 1.81. The minimum atomic E-state index is -3.17. The van der Waals surface area contributed by atoms with Gasteiger partial charge in [0, 0.05) is 26.4 Å². The molecule has 1 heterocycles. The second-order valence-corrected chi connectivity index (χ2v) is 8.91. The zero-order valence-electron chi connectivity index (χ0n) is 16.1. The van der Waals surface area contributed by atoms with Gasteiger partial charge in [0.1, 0.15) is 0 Å². The average molecular weight is 494 g/mol. The van der Waals surface area contributed by atoms with E-state index < -0.39 is 9.84 Å². The van der Waals surface area contributed by atoms with Gasteiger partial charge in [-0.2, -0.15) is 0 Å². The van der Waals surface area contributed by atoms with Gasteiger partial charge in [0.25, 0.3) is 0 Å². The summed E-state index contributed by atoms with van der Waals surface area (Å²) in [5, 5.41) is 6.70. The molecule has 148 valence electrons. The maximum Gasteiger partial charge on any atom is 0.191 e. The van der Waals surface area contributed by atoms with E-state index in [1.807, 2.05) is 19.1 Å². The van der Waals surface area contributed by atoms with E-state index in [9.17, 15) is 8.42 Å². The first-order chi connectivity index (χ1) is 11.8. The number of halogens is 1. The first kappa shape index (κ1) is 23.2. The van der Waals surface area contributed by atoms with Gasteiger partial charge >= 0.3 is 0 Å². The van der Waals surface area contributed by atoms with Crippen molar-refractivity contribution in [1.29, 1.82) is 0 Å². The Morgan fingerprint density at radius 1 is 1.27 bits per heavy atom. The number of nitrogens with zero attached hydrogens (tertiary/aromatic N) is 2. The summed E-state index contributed by atoms with van der Waals surface area (Å²) in [6.07, 6.45) is 3.67. The topological polar surface area (TPSA) is 73.8 Å². The highest BCUT2D eigenvalue weighted by Crippen LogP contribution is 2.17. The fourth-order valence-corrected chi connectivity index (χ4v) is 4.11. The summed E-state index contributed by atoms with van der Waals surface area (Å²) >= 11 is 0. The molecule has 0 saturated carbocycles. The molecule has 0 amide bonds. The van der Waals surface area contributed by atoms with Crippen LogP contribution in [0.1, 0.15) is 24.0 Å². The molecule has 0 atom stereocenters. The normalized spacial score (nSPS) is 16.8. The molecule has 2 rings (SSSR count). The molecule has 1 aliphatic rings. The molecular formula is C18H31IN4O2S. The largest absolute Gasteiger partial charge is 0.356 e. The van der Waals surface area contributed by atoms with Crippen LogP contribution in [0.5, 0.6) is 0 Å². The quantitative estimate of drug-likeness (QED) is 0.373. The van der Waals surface area contributed by atoms with Gasteiger partial charge in [0.15, 0.2) is 15.8 Å². The molecule has 1 aliphatic heterocycles. The van der Waals surface area contributed by atoms with Crippen LogP contribution < -0.4 is 10.6 Å². The SMILES string of the molecule is CN=C(NCc1ccc(S(C)(=O)=O)c(C)c1)NCC1CCN(C)CC1.I. The lowest BCUT2D eigenvalue weighted by Crippen LogP contribution is -2.42. The predicted molar refractivity (Wildman–Crippen MR) is 118 cm³/mol. The first-order valence-electron chi connectivity index (χ1n) is 8.72. The van der Waals surface area contributed by atoms with Crippen LogP contribution in [0.15, 0.2) is 28.1 Å². The van der Waals surface area contributed by atoms with Gasteiger partial charge in [-0.05, 0) is 63.0 Å². The Morgan fingerprint density at radius 3 is 2.46 bits per heavy atom. The maximum atomic E-state index is 11.7. The number of sulfone groups is 1. The molecule has 1 aromatic carbocycles. The van der Waals surface area contributed by atoms with Crippen LogP contribution in [0.3, 0.4) is 0 Å². The lowest BCUT2D eigenvalue weighted by Gasteiger charge is -2.29. The van der Waals surface area contributed by atoms with Crippen molar-refractivity contribution in [3.63, 3.8) is 0 Å². The average Bonchev–Trinajstić information content (AvgIpc) is 2.55. The minimum absolute atomic E-state index is 0. The summed E-state index contributed by atoms with van der Waals surface area (Å²) in [4.78, 5) is 7.03. The van der Waals surface area contributed by atoms with Gasteiger partial charge in [0.2, 0.25) is 0 Å². The third kappa shape index (κ3) is 7.03. The van der Waals surface area contributed by atoms with Crippen LogP contribution in [-0.4, -0.2) is 59.3 Å². The number of likely N-dealkylation sites (tertiary alicyclic amines) is 1. The second-order valence-electron chi connectivity index (χ2n) is 6.93. The van der Waals surface area contributed by atoms with E-state index in [2.05, 4.69) is 27.6 Å². The highest BCUT2D eigenvalue weighted by Gasteiger charge is 2.16. The number of aliphatic imine (C=N–C) groups is 1. The standard InChI is InChI=1S/C18H30N4O2S.HI/c1-14-11-16(5-6-17(14)25(4,23)24)13-21-18(19-2)20-12-15-7-9-22(3)10-8-15;/h5-6,11,15H,7-10,12-13H2,1-4H3,(H2,19,20,21);1H. The second kappa shape index (κ2) is 10.5. The zero-order chi connectivity index (χ0) is 18.4. The van der Waals surface area contributed by atoms with E-state index in [4.69, 9.17) is 0 Å². The lowest BCUT2D eigenvalue weighted by molar-refractivity contribution is 0.220. The van der Waals surface area contributed by atoms with Crippen molar-refractivity contribution in [1.82, 2.24) is 15.5 Å². The Hall–Kier alpha value is -0.870. The molecule has 1 fully saturated rings. The molecule has 26 heavy (non-hydrogen) atoms. The molecule has 0 radical (unpaired) electrons. The predicted octanol–water partition coefficient (Wildman–Crippen LogP) is 2.02. The molecule has 1 saturated heterocycles. The van der Waals surface area contributed by atoms with Crippen LogP contribution in [0.4, 0.5) is 0 Å². The summed E-state index contributed by atoms with van der Waals surface area (Å²) in [7, 11) is 0.763. The molecule has 0 aliphatic carbocycles. The van der Waals surface area contributed by atoms with Crippen LogP contribution in [0.2, 0.25) is 0 Å². The van der Waals surface area contributed by atoms with Gasteiger partial charge in [-0.1, -0.05) is 12.1 Å². The Bertz CT molecular complexity index is 714. The highest BCUT2D eigenvalue weighted by atomic mass is 127. The number of rotatable bonds is 5. The summed E-state index contributed by atoms with van der Waals surface area (Å²) in [5.74, 6) is 1.47. The van der Waals surface area contributed by atoms with Crippen molar-refractivity contribution >= 4 is 39.8 Å². The van der Waals surface area contributed by atoms with Crippen LogP contribution in [0.25, 0.3) is 0 Å². The Morgan fingerprint density at radius 2 is 1.92 bits per heavy atom. The van der Waals surface area contributed by atoms with E-state index >= 15 is 0 Å². The van der Waals surface area contributed by atoms with Crippen molar-refractivity contribution in [2.24, 2.45) is 10.9 Å². The number of aryl methyl sites for hydroxylation is 1. The number of piperidine rings is 1. The molecule has 0 spiro atoms. The summed E-state index contributed by atoms with van der Waals surface area (Å²) < 4.78 is 23.4.